The van der Waals surface area contributed by atoms with Crippen molar-refractivity contribution in [2.75, 3.05) is 13.1 Å². The van der Waals surface area contributed by atoms with Crippen LogP contribution in [0.3, 0.4) is 0 Å². The van der Waals surface area contributed by atoms with Crippen molar-refractivity contribution in [1.29, 1.82) is 0 Å². The van der Waals surface area contributed by atoms with Gasteiger partial charge in [0.25, 0.3) is 23.6 Å². The Morgan fingerprint density at radius 2 is 1.27 bits per heavy atom. The van der Waals surface area contributed by atoms with Crippen molar-refractivity contribution < 1.29 is 19.2 Å². The van der Waals surface area contributed by atoms with E-state index >= 15 is 0 Å². The standard InChI is InChI=1S/C11H15N7O4/c12-17-8(19)4-14-10(21)6-2-1-3-7(16-6)11(22)15-5-9(20)18-13/h1-3H,4-5,12-13H2,(H,14,21)(H,15,22)(H,17,19)(H,18,20). The SMILES string of the molecule is NNC(=O)CNC(=O)c1cccc(C(=O)NCC(=O)NN)n1. The smallest absolute Gasteiger partial charge is 0.270 e. The quantitative estimate of drug-likeness (QED) is 0.179. The molecule has 1 heterocycles. The normalized spacial score (nSPS) is 9.55. The van der Waals surface area contributed by atoms with Crippen LogP contribution in [0.25, 0.3) is 0 Å². The van der Waals surface area contributed by atoms with Crippen LogP contribution >= 0.6 is 0 Å². The number of nitrogens with zero attached hydrogens (tertiary/aromatic N) is 1. The second-order valence-corrected chi connectivity index (χ2v) is 3.91. The fraction of sp³-hybridized carbons (Fsp3) is 0.182. The fourth-order valence-corrected chi connectivity index (χ4v) is 1.29. The van der Waals surface area contributed by atoms with E-state index in [1.54, 1.807) is 0 Å². The van der Waals surface area contributed by atoms with E-state index in [4.69, 9.17) is 11.7 Å². The number of hydrogen-bond acceptors (Lipinski definition) is 7. The minimum atomic E-state index is -0.655. The van der Waals surface area contributed by atoms with Gasteiger partial charge in [0.15, 0.2) is 0 Å². The Kier molecular flexibility index (Phi) is 6.40. The molecule has 0 saturated carbocycles. The second-order valence-electron chi connectivity index (χ2n) is 3.91. The van der Waals surface area contributed by atoms with Crippen LogP contribution in [0.2, 0.25) is 0 Å². The van der Waals surface area contributed by atoms with E-state index in [-0.39, 0.29) is 24.5 Å². The molecule has 0 aliphatic rings. The number of nitrogens with one attached hydrogen (secondary N) is 4. The molecular weight excluding hydrogens is 294 g/mol. The summed E-state index contributed by atoms with van der Waals surface area (Å²) in [5, 5.41) is 4.54. The van der Waals surface area contributed by atoms with Crippen molar-refractivity contribution in [1.82, 2.24) is 26.5 Å². The molecule has 1 aromatic rings. The first-order valence-electron chi connectivity index (χ1n) is 6.00. The largest absolute Gasteiger partial charge is 0.342 e. The predicted molar refractivity (Wildman–Crippen MR) is 73.6 cm³/mol. The molecule has 0 aromatic carbocycles. The van der Waals surface area contributed by atoms with E-state index in [2.05, 4.69) is 15.6 Å². The van der Waals surface area contributed by atoms with E-state index in [1.807, 2.05) is 10.9 Å². The van der Waals surface area contributed by atoms with Crippen LogP contribution in [0.15, 0.2) is 18.2 Å². The molecule has 4 amide bonds. The lowest BCUT2D eigenvalue weighted by Gasteiger charge is -2.06. The van der Waals surface area contributed by atoms with E-state index < -0.39 is 23.6 Å². The van der Waals surface area contributed by atoms with Crippen molar-refractivity contribution in [2.45, 2.75) is 0 Å². The predicted octanol–water partition coefficient (Wildman–Crippen LogP) is -3.48. The first kappa shape index (κ1) is 17.0. The average Bonchev–Trinajstić information content (AvgIpc) is 2.56. The van der Waals surface area contributed by atoms with Crippen LogP contribution in [-0.2, 0) is 9.59 Å². The summed E-state index contributed by atoms with van der Waals surface area (Å²) in [4.78, 5) is 49.2. The summed E-state index contributed by atoms with van der Waals surface area (Å²) in [5.74, 6) is 7.25. The van der Waals surface area contributed by atoms with Crippen molar-refractivity contribution in [2.24, 2.45) is 11.7 Å². The van der Waals surface area contributed by atoms with Gasteiger partial charge in [0.1, 0.15) is 11.4 Å². The minimum absolute atomic E-state index is 0.0688. The van der Waals surface area contributed by atoms with Gasteiger partial charge in [0.05, 0.1) is 13.1 Å². The number of amides is 4. The third-order valence-electron chi connectivity index (χ3n) is 2.36. The molecule has 1 aromatic heterocycles. The average molecular weight is 309 g/mol. The number of hydrogen-bond donors (Lipinski definition) is 6. The molecule has 8 N–H and O–H groups in total. The third-order valence-corrected chi connectivity index (χ3v) is 2.36. The Balaban J connectivity index is 2.68. The Morgan fingerprint density at radius 1 is 0.864 bits per heavy atom. The number of pyridine rings is 1. The molecule has 0 aliphatic carbocycles. The third kappa shape index (κ3) is 5.15. The maximum Gasteiger partial charge on any atom is 0.270 e. The van der Waals surface area contributed by atoms with E-state index in [9.17, 15) is 19.2 Å². The van der Waals surface area contributed by atoms with Gasteiger partial charge in [0.2, 0.25) is 0 Å². The van der Waals surface area contributed by atoms with Crippen LogP contribution in [0.1, 0.15) is 21.0 Å². The van der Waals surface area contributed by atoms with Gasteiger partial charge >= 0.3 is 0 Å². The van der Waals surface area contributed by atoms with Gasteiger partial charge in [0, 0.05) is 0 Å². The van der Waals surface area contributed by atoms with Crippen molar-refractivity contribution >= 4 is 23.6 Å². The molecule has 1 rings (SSSR count). The van der Waals surface area contributed by atoms with E-state index in [0.29, 0.717) is 0 Å². The van der Waals surface area contributed by atoms with Crippen LogP contribution in [0.5, 0.6) is 0 Å². The maximum atomic E-state index is 11.7. The molecule has 0 radical (unpaired) electrons. The molecule has 0 atom stereocenters. The monoisotopic (exact) mass is 309 g/mol. The lowest BCUT2D eigenvalue weighted by Crippen LogP contribution is -2.41. The topological polar surface area (TPSA) is 181 Å². The first-order valence-corrected chi connectivity index (χ1v) is 6.00. The highest BCUT2D eigenvalue weighted by atomic mass is 16.2. The van der Waals surface area contributed by atoms with Gasteiger partial charge in [-0.1, -0.05) is 6.07 Å². The maximum absolute atomic E-state index is 11.7. The lowest BCUT2D eigenvalue weighted by molar-refractivity contribution is -0.120. The van der Waals surface area contributed by atoms with Crippen LogP contribution < -0.4 is 33.2 Å². The Labute approximate surface area is 124 Å². The highest BCUT2D eigenvalue weighted by Crippen LogP contribution is 1.99. The minimum Gasteiger partial charge on any atom is -0.342 e. The number of nitrogens with two attached hydrogens (primary N) is 2. The van der Waals surface area contributed by atoms with Crippen LogP contribution in [0.4, 0.5) is 0 Å². The summed E-state index contributed by atoms with van der Waals surface area (Å²) in [6, 6.07) is 4.15. The zero-order valence-electron chi connectivity index (χ0n) is 11.4. The molecule has 118 valence electrons. The Morgan fingerprint density at radius 3 is 1.64 bits per heavy atom. The molecule has 0 aliphatic heterocycles. The zero-order chi connectivity index (χ0) is 16.5. The molecule has 0 saturated heterocycles. The summed E-state index contributed by atoms with van der Waals surface area (Å²) >= 11 is 0. The fourth-order valence-electron chi connectivity index (χ4n) is 1.29. The van der Waals surface area contributed by atoms with Gasteiger partial charge < -0.3 is 10.6 Å². The second kappa shape index (κ2) is 8.28. The summed E-state index contributed by atoms with van der Waals surface area (Å²) in [5.41, 5.74) is 3.56. The van der Waals surface area contributed by atoms with E-state index in [0.717, 1.165) is 0 Å². The molecular formula is C11H15N7O4. The summed E-state index contributed by atoms with van der Waals surface area (Å²) < 4.78 is 0. The zero-order valence-corrected chi connectivity index (χ0v) is 11.4. The number of carbonyl (C=O) groups is 4. The molecule has 11 nitrogen and oxygen atoms in total. The van der Waals surface area contributed by atoms with Crippen molar-refractivity contribution in [3.8, 4) is 0 Å². The van der Waals surface area contributed by atoms with Crippen molar-refractivity contribution in [3.63, 3.8) is 0 Å². The Bertz CT molecular complexity index is 542. The van der Waals surface area contributed by atoms with Gasteiger partial charge in [-0.15, -0.1) is 0 Å². The Hall–Kier alpha value is -3.05. The number of aromatic nitrogens is 1. The lowest BCUT2D eigenvalue weighted by atomic mass is 10.2. The molecule has 0 fully saturated rings. The summed E-state index contributed by atoms with van der Waals surface area (Å²) in [6.45, 7) is -0.659. The molecule has 11 heteroatoms. The molecule has 0 spiro atoms. The number of rotatable bonds is 6. The van der Waals surface area contributed by atoms with Gasteiger partial charge in [-0.2, -0.15) is 0 Å². The van der Waals surface area contributed by atoms with Crippen LogP contribution in [0, 0.1) is 0 Å². The molecule has 0 unspecified atom stereocenters. The molecule has 0 bridgehead atoms. The highest BCUT2D eigenvalue weighted by molar-refractivity contribution is 5.98. The first-order chi connectivity index (χ1) is 10.5. The number of hydrazine groups is 2. The highest BCUT2D eigenvalue weighted by Gasteiger charge is 2.13. The van der Waals surface area contributed by atoms with Crippen molar-refractivity contribution in [3.05, 3.63) is 29.6 Å². The molecule has 22 heavy (non-hydrogen) atoms. The van der Waals surface area contributed by atoms with Crippen LogP contribution in [-0.4, -0.2) is 41.7 Å². The van der Waals surface area contributed by atoms with Gasteiger partial charge in [-0.05, 0) is 12.1 Å². The number of carbonyl (C=O) groups excluding carboxylic acids is 4. The summed E-state index contributed by atoms with van der Waals surface area (Å²) in [7, 11) is 0. The van der Waals surface area contributed by atoms with E-state index in [1.165, 1.54) is 18.2 Å². The van der Waals surface area contributed by atoms with Gasteiger partial charge in [-0.25, -0.2) is 16.7 Å². The summed E-state index contributed by atoms with van der Waals surface area (Å²) in [6.07, 6.45) is 0. The van der Waals surface area contributed by atoms with Gasteiger partial charge in [-0.3, -0.25) is 30.0 Å².